The lowest BCUT2D eigenvalue weighted by Gasteiger charge is -2.27. The summed E-state index contributed by atoms with van der Waals surface area (Å²) in [6, 6.07) is 16.6. The summed E-state index contributed by atoms with van der Waals surface area (Å²) in [5, 5.41) is 0. The Bertz CT molecular complexity index is 612. The van der Waals surface area contributed by atoms with Crippen LogP contribution in [0.2, 0.25) is 0 Å². The van der Waals surface area contributed by atoms with E-state index < -0.39 is 0 Å². The lowest BCUT2D eigenvalue weighted by Crippen LogP contribution is -2.15. The molecule has 1 nitrogen and oxygen atoms in total. The third-order valence-electron chi connectivity index (χ3n) is 4.33. The predicted octanol–water partition coefficient (Wildman–Crippen LogP) is 5.71. The Morgan fingerprint density at radius 2 is 1.29 bits per heavy atom. The topological polar surface area (TPSA) is 17.1 Å². The van der Waals surface area contributed by atoms with Crippen LogP contribution in [0, 0.1) is 5.41 Å². The highest BCUT2D eigenvalue weighted by atomic mass is 16.1. The van der Waals surface area contributed by atoms with Crippen molar-refractivity contribution in [2.45, 2.75) is 40.5 Å². The van der Waals surface area contributed by atoms with Crippen LogP contribution in [0.3, 0.4) is 0 Å². The molecule has 2 aromatic rings. The smallest absolute Gasteiger partial charge is 0.159 e. The zero-order valence-corrected chi connectivity index (χ0v) is 13.6. The summed E-state index contributed by atoms with van der Waals surface area (Å²) in [6.07, 6.45) is 0. The van der Waals surface area contributed by atoms with Gasteiger partial charge in [0.1, 0.15) is 0 Å². The Morgan fingerprint density at radius 1 is 0.857 bits per heavy atom. The Hall–Kier alpha value is -1.89. The number of carbonyl (C=O) groups is 1. The van der Waals surface area contributed by atoms with E-state index in [9.17, 15) is 4.79 Å². The fraction of sp³-hybridized carbons (Fsp3) is 0.350. The van der Waals surface area contributed by atoms with E-state index in [4.69, 9.17) is 0 Å². The Labute approximate surface area is 128 Å². The molecule has 0 bridgehead atoms. The first-order valence-corrected chi connectivity index (χ1v) is 7.50. The molecule has 21 heavy (non-hydrogen) atoms. The molecule has 0 fully saturated rings. The van der Waals surface area contributed by atoms with Gasteiger partial charge in [0.2, 0.25) is 0 Å². The number of benzene rings is 2. The molecular weight excluding hydrogens is 256 g/mol. The molecule has 0 radical (unpaired) electrons. The van der Waals surface area contributed by atoms with E-state index in [2.05, 4.69) is 52.0 Å². The van der Waals surface area contributed by atoms with Gasteiger partial charge >= 0.3 is 0 Å². The second kappa shape index (κ2) is 5.85. The van der Waals surface area contributed by atoms with Gasteiger partial charge < -0.3 is 0 Å². The predicted molar refractivity (Wildman–Crippen MR) is 89.8 cm³/mol. The molecule has 0 saturated heterocycles. The largest absolute Gasteiger partial charge is 0.295 e. The first-order valence-electron chi connectivity index (χ1n) is 7.50. The van der Waals surface area contributed by atoms with Crippen molar-refractivity contribution < 1.29 is 4.79 Å². The normalized spacial score (nSPS) is 13.0. The first-order chi connectivity index (χ1) is 9.79. The van der Waals surface area contributed by atoms with Crippen molar-refractivity contribution in [2.75, 3.05) is 0 Å². The number of carbonyl (C=O) groups excluding carboxylic acids is 1. The molecule has 0 N–H and O–H groups in total. The average molecular weight is 280 g/mol. The summed E-state index contributed by atoms with van der Waals surface area (Å²) in [4.78, 5) is 11.3. The zero-order valence-electron chi connectivity index (χ0n) is 13.6. The van der Waals surface area contributed by atoms with Gasteiger partial charge in [0.05, 0.1) is 0 Å². The molecule has 0 spiro atoms. The number of rotatable bonds is 3. The maximum absolute atomic E-state index is 11.3. The molecule has 0 heterocycles. The second-order valence-electron chi connectivity index (χ2n) is 6.84. The van der Waals surface area contributed by atoms with E-state index >= 15 is 0 Å². The first kappa shape index (κ1) is 15.5. The van der Waals surface area contributed by atoms with Gasteiger partial charge in [0, 0.05) is 5.56 Å². The average Bonchev–Trinajstić information content (AvgIpc) is 2.46. The van der Waals surface area contributed by atoms with E-state index in [0.717, 1.165) is 11.1 Å². The summed E-state index contributed by atoms with van der Waals surface area (Å²) >= 11 is 0. The van der Waals surface area contributed by atoms with Crippen molar-refractivity contribution >= 4 is 5.78 Å². The molecular formula is C20H24O. The van der Waals surface area contributed by atoms with Crippen LogP contribution in [0.15, 0.2) is 48.5 Å². The third-order valence-corrected chi connectivity index (χ3v) is 4.33. The van der Waals surface area contributed by atoms with Gasteiger partial charge in [0.25, 0.3) is 0 Å². The summed E-state index contributed by atoms with van der Waals surface area (Å²) in [6.45, 7) is 10.7. The minimum Gasteiger partial charge on any atom is -0.295 e. The highest BCUT2D eigenvalue weighted by Crippen LogP contribution is 2.35. The van der Waals surface area contributed by atoms with Crippen LogP contribution in [-0.4, -0.2) is 5.78 Å². The summed E-state index contributed by atoms with van der Waals surface area (Å²) < 4.78 is 0. The van der Waals surface area contributed by atoms with Crippen LogP contribution < -0.4 is 0 Å². The Balaban J connectivity index is 2.24. The fourth-order valence-corrected chi connectivity index (χ4v) is 2.36. The van der Waals surface area contributed by atoms with Crippen molar-refractivity contribution in [2.24, 2.45) is 5.41 Å². The lowest BCUT2D eigenvalue weighted by atomic mass is 9.77. The molecule has 110 valence electrons. The number of Topliss-reactive ketones (excluding diaryl/α,β-unsaturated/α-hetero) is 1. The SMILES string of the molecule is CC(=O)c1ccc(-c2ccc(C(C)C(C)(C)C)cc2)cc1. The van der Waals surface area contributed by atoms with Gasteiger partial charge in [-0.25, -0.2) is 0 Å². The van der Waals surface area contributed by atoms with Crippen molar-refractivity contribution in [3.63, 3.8) is 0 Å². The molecule has 1 atom stereocenters. The molecule has 1 heteroatoms. The van der Waals surface area contributed by atoms with E-state index in [0.29, 0.717) is 5.92 Å². The summed E-state index contributed by atoms with van der Waals surface area (Å²) in [5.74, 6) is 0.627. The Morgan fingerprint density at radius 3 is 1.67 bits per heavy atom. The quantitative estimate of drug-likeness (QED) is 0.658. The van der Waals surface area contributed by atoms with Crippen LogP contribution >= 0.6 is 0 Å². The van der Waals surface area contributed by atoms with Crippen molar-refractivity contribution in [3.05, 3.63) is 59.7 Å². The van der Waals surface area contributed by atoms with Crippen molar-refractivity contribution in [1.82, 2.24) is 0 Å². The minimum atomic E-state index is 0.107. The molecule has 0 aliphatic rings. The van der Waals surface area contributed by atoms with Crippen LogP contribution in [-0.2, 0) is 0 Å². The molecule has 0 aliphatic carbocycles. The molecule has 0 aromatic heterocycles. The van der Waals surface area contributed by atoms with Gasteiger partial charge in [-0.1, -0.05) is 76.2 Å². The molecule has 1 unspecified atom stereocenters. The second-order valence-corrected chi connectivity index (χ2v) is 6.84. The maximum Gasteiger partial charge on any atom is 0.159 e. The molecule has 0 saturated carbocycles. The van der Waals surface area contributed by atoms with E-state index in [-0.39, 0.29) is 11.2 Å². The van der Waals surface area contributed by atoms with E-state index in [1.165, 1.54) is 11.1 Å². The highest BCUT2D eigenvalue weighted by Gasteiger charge is 2.21. The monoisotopic (exact) mass is 280 g/mol. The van der Waals surface area contributed by atoms with Crippen LogP contribution in [0.4, 0.5) is 0 Å². The van der Waals surface area contributed by atoms with Gasteiger partial charge in [-0.3, -0.25) is 4.79 Å². The Kier molecular flexibility index (Phi) is 4.32. The van der Waals surface area contributed by atoms with Gasteiger partial charge in [-0.2, -0.15) is 0 Å². The van der Waals surface area contributed by atoms with E-state index in [1.54, 1.807) is 6.92 Å². The summed E-state index contributed by atoms with van der Waals surface area (Å²) in [7, 11) is 0. The number of hydrogen-bond donors (Lipinski definition) is 0. The van der Waals surface area contributed by atoms with Crippen molar-refractivity contribution in [3.8, 4) is 11.1 Å². The van der Waals surface area contributed by atoms with Crippen LogP contribution in [0.25, 0.3) is 11.1 Å². The molecule has 2 rings (SSSR count). The highest BCUT2D eigenvalue weighted by molar-refractivity contribution is 5.94. The number of hydrogen-bond acceptors (Lipinski definition) is 1. The van der Waals surface area contributed by atoms with Crippen LogP contribution in [0.5, 0.6) is 0 Å². The molecule has 2 aromatic carbocycles. The zero-order chi connectivity index (χ0) is 15.6. The van der Waals surface area contributed by atoms with E-state index in [1.807, 2.05) is 24.3 Å². The van der Waals surface area contributed by atoms with Gasteiger partial charge in [0.15, 0.2) is 5.78 Å². The molecule has 0 aliphatic heterocycles. The minimum absolute atomic E-state index is 0.107. The molecule has 0 amide bonds. The fourth-order valence-electron chi connectivity index (χ4n) is 2.36. The standard InChI is InChI=1S/C20H24O/c1-14(20(3,4)5)16-6-10-18(11-7-16)19-12-8-17(9-13-19)15(2)21/h6-14H,1-5H3. The third kappa shape index (κ3) is 3.60. The van der Waals surface area contributed by atoms with Crippen molar-refractivity contribution in [1.29, 1.82) is 0 Å². The van der Waals surface area contributed by atoms with Gasteiger partial charge in [-0.15, -0.1) is 0 Å². The number of ketones is 1. The summed E-state index contributed by atoms with van der Waals surface area (Å²) in [5.41, 5.74) is 4.73. The van der Waals surface area contributed by atoms with Crippen LogP contribution in [0.1, 0.15) is 56.5 Å². The maximum atomic E-state index is 11.3. The lowest BCUT2D eigenvalue weighted by molar-refractivity contribution is 0.101. The van der Waals surface area contributed by atoms with Gasteiger partial charge in [-0.05, 0) is 34.9 Å².